The lowest BCUT2D eigenvalue weighted by molar-refractivity contribution is -0.143. The van der Waals surface area contributed by atoms with Gasteiger partial charge in [-0.3, -0.25) is 4.79 Å². The Morgan fingerprint density at radius 1 is 1.22 bits per heavy atom. The van der Waals surface area contributed by atoms with Crippen LogP contribution in [0.2, 0.25) is 0 Å². The minimum Gasteiger partial charge on any atom is -0.383 e. The first-order chi connectivity index (χ1) is 17.4. The van der Waals surface area contributed by atoms with Gasteiger partial charge in [0, 0.05) is 50.3 Å². The summed E-state index contributed by atoms with van der Waals surface area (Å²) in [6, 6.07) is 11.1. The summed E-state index contributed by atoms with van der Waals surface area (Å²) in [7, 11) is 3.36. The summed E-state index contributed by atoms with van der Waals surface area (Å²) >= 11 is 1.48. The summed E-state index contributed by atoms with van der Waals surface area (Å²) in [5.74, 6) is 0.940. The van der Waals surface area contributed by atoms with E-state index in [2.05, 4.69) is 20.4 Å². The molecule has 1 aliphatic heterocycles. The fourth-order valence-electron chi connectivity index (χ4n) is 4.23. The number of aryl methyl sites for hydroxylation is 1. The van der Waals surface area contributed by atoms with Crippen molar-refractivity contribution >= 4 is 29.0 Å². The molecule has 0 spiro atoms. The third-order valence-corrected chi connectivity index (χ3v) is 7.06. The summed E-state index contributed by atoms with van der Waals surface area (Å²) in [6.45, 7) is 3.61. The highest BCUT2D eigenvalue weighted by atomic mass is 32.1. The van der Waals surface area contributed by atoms with Crippen LogP contribution in [0.3, 0.4) is 0 Å². The van der Waals surface area contributed by atoms with E-state index in [1.165, 1.54) is 11.3 Å². The fraction of sp³-hybridized carbons (Fsp3) is 0.320. The lowest BCUT2D eigenvalue weighted by Crippen LogP contribution is -2.36. The quantitative estimate of drug-likeness (QED) is 0.375. The maximum Gasteiger partial charge on any atom is 0.258 e. The average molecular weight is 506 g/mol. The van der Waals surface area contributed by atoms with Crippen LogP contribution in [0.4, 0.5) is 11.8 Å². The molecule has 4 aromatic rings. The summed E-state index contributed by atoms with van der Waals surface area (Å²) in [5.41, 5.74) is 2.20. The number of ether oxygens (including phenoxy) is 1. The minimum atomic E-state index is -1.49. The van der Waals surface area contributed by atoms with E-state index in [9.17, 15) is 9.90 Å². The van der Waals surface area contributed by atoms with E-state index in [0.29, 0.717) is 49.0 Å². The van der Waals surface area contributed by atoms with Gasteiger partial charge in [-0.1, -0.05) is 18.2 Å². The summed E-state index contributed by atoms with van der Waals surface area (Å²) in [6.07, 6.45) is 2.06. The second kappa shape index (κ2) is 9.76. The van der Waals surface area contributed by atoms with Crippen LogP contribution in [-0.2, 0) is 21.7 Å². The molecule has 0 aliphatic carbocycles. The Morgan fingerprint density at radius 2 is 2.08 bits per heavy atom. The number of nitrogens with one attached hydrogen (secondary N) is 1. The SMILES string of the molecule is COCCn1nc(C)cc1Nc1nccc(-c2csc(-c3cccc(C4(O)CCN(C)C4=O)c3)n2)n1. The van der Waals surface area contributed by atoms with Crippen molar-refractivity contribution in [2.45, 2.75) is 25.5 Å². The van der Waals surface area contributed by atoms with E-state index in [1.54, 1.807) is 31.3 Å². The molecule has 2 N–H and O–H groups in total. The van der Waals surface area contributed by atoms with Crippen LogP contribution in [0, 0.1) is 6.92 Å². The molecular formula is C25H27N7O3S. The van der Waals surface area contributed by atoms with Gasteiger partial charge in [0.15, 0.2) is 5.60 Å². The summed E-state index contributed by atoms with van der Waals surface area (Å²) in [4.78, 5) is 27.9. The van der Waals surface area contributed by atoms with Crippen LogP contribution in [0.1, 0.15) is 17.7 Å². The third kappa shape index (κ3) is 4.60. The summed E-state index contributed by atoms with van der Waals surface area (Å²) < 4.78 is 6.99. The van der Waals surface area contributed by atoms with Crippen LogP contribution in [0.15, 0.2) is 48.0 Å². The topological polar surface area (TPSA) is 118 Å². The van der Waals surface area contributed by atoms with Crippen LogP contribution >= 0.6 is 11.3 Å². The number of rotatable bonds is 8. The second-order valence-corrected chi connectivity index (χ2v) is 9.59. The van der Waals surface area contributed by atoms with Crippen molar-refractivity contribution in [1.29, 1.82) is 0 Å². The van der Waals surface area contributed by atoms with Crippen molar-refractivity contribution in [3.05, 3.63) is 59.2 Å². The predicted octanol–water partition coefficient (Wildman–Crippen LogP) is 3.21. The highest BCUT2D eigenvalue weighted by molar-refractivity contribution is 7.13. The van der Waals surface area contributed by atoms with Gasteiger partial charge < -0.3 is 20.1 Å². The zero-order valence-electron chi connectivity index (χ0n) is 20.3. The number of likely N-dealkylation sites (N-methyl/N-ethyl adjacent to an activating group) is 1. The number of methoxy groups -OCH3 is 1. The van der Waals surface area contributed by atoms with Crippen molar-refractivity contribution in [2.24, 2.45) is 0 Å². The van der Waals surface area contributed by atoms with Gasteiger partial charge in [-0.2, -0.15) is 5.10 Å². The first-order valence-corrected chi connectivity index (χ1v) is 12.4. The van der Waals surface area contributed by atoms with Gasteiger partial charge in [-0.15, -0.1) is 11.3 Å². The minimum absolute atomic E-state index is 0.278. The highest BCUT2D eigenvalue weighted by Crippen LogP contribution is 2.36. The molecule has 0 radical (unpaired) electrons. The van der Waals surface area contributed by atoms with Gasteiger partial charge in [0.2, 0.25) is 5.95 Å². The largest absolute Gasteiger partial charge is 0.383 e. The first-order valence-electron chi connectivity index (χ1n) is 11.6. The maximum absolute atomic E-state index is 12.5. The number of nitrogens with zero attached hydrogens (tertiary/aromatic N) is 6. The zero-order chi connectivity index (χ0) is 25.3. The molecule has 5 rings (SSSR count). The van der Waals surface area contributed by atoms with Crippen molar-refractivity contribution in [2.75, 3.05) is 32.6 Å². The Balaban J connectivity index is 1.38. The first kappa shape index (κ1) is 24.0. The standard InChI is InChI=1S/C25H27N7O3S/c1-16-13-21(32(30-16)11-12-35-3)29-24-26-9-7-19(28-24)20-15-36-22(27-20)17-5-4-6-18(14-17)25(34)8-10-31(2)23(25)33/h4-7,9,13-15,34H,8,10-12H2,1-3H3,(H,26,28,29). The van der Waals surface area contributed by atoms with E-state index in [1.807, 2.05) is 47.3 Å². The molecule has 1 fully saturated rings. The number of aromatic nitrogens is 5. The van der Waals surface area contributed by atoms with Gasteiger partial charge in [0.1, 0.15) is 16.5 Å². The zero-order valence-corrected chi connectivity index (χ0v) is 21.1. The van der Waals surface area contributed by atoms with E-state index in [0.717, 1.165) is 22.1 Å². The Labute approximate surface area is 212 Å². The van der Waals surface area contributed by atoms with Gasteiger partial charge in [0.25, 0.3) is 5.91 Å². The maximum atomic E-state index is 12.5. The van der Waals surface area contributed by atoms with Crippen LogP contribution in [-0.4, -0.2) is 68.0 Å². The number of carbonyl (C=O) groups excluding carboxylic acids is 1. The van der Waals surface area contributed by atoms with E-state index >= 15 is 0 Å². The smallest absolute Gasteiger partial charge is 0.258 e. The van der Waals surface area contributed by atoms with Crippen LogP contribution < -0.4 is 5.32 Å². The molecule has 3 aromatic heterocycles. The molecule has 1 aliphatic rings. The summed E-state index contributed by atoms with van der Waals surface area (Å²) in [5, 5.41) is 21.5. The van der Waals surface area contributed by atoms with Crippen LogP contribution in [0.25, 0.3) is 22.0 Å². The number of likely N-dealkylation sites (tertiary alicyclic amines) is 1. The predicted molar refractivity (Wildman–Crippen MR) is 137 cm³/mol. The number of benzene rings is 1. The number of hydrogen-bond acceptors (Lipinski definition) is 9. The molecule has 1 saturated heterocycles. The number of aliphatic hydroxyl groups is 1. The monoisotopic (exact) mass is 505 g/mol. The normalized spacial score (nSPS) is 17.7. The van der Waals surface area contributed by atoms with Crippen molar-refractivity contribution in [3.8, 4) is 22.0 Å². The molecule has 4 heterocycles. The molecule has 1 unspecified atom stereocenters. The number of anilines is 2. The third-order valence-electron chi connectivity index (χ3n) is 6.17. The van der Waals surface area contributed by atoms with Gasteiger partial charge in [0.05, 0.1) is 24.5 Å². The van der Waals surface area contributed by atoms with Crippen molar-refractivity contribution < 1.29 is 14.6 Å². The number of amides is 1. The molecule has 11 heteroatoms. The molecule has 1 atom stereocenters. The lowest BCUT2D eigenvalue weighted by Gasteiger charge is -2.21. The Morgan fingerprint density at radius 3 is 2.86 bits per heavy atom. The van der Waals surface area contributed by atoms with Crippen molar-refractivity contribution in [1.82, 2.24) is 29.6 Å². The molecule has 10 nitrogen and oxygen atoms in total. The Bertz CT molecular complexity index is 1400. The molecule has 0 bridgehead atoms. The molecule has 1 amide bonds. The molecule has 1 aromatic carbocycles. The second-order valence-electron chi connectivity index (χ2n) is 8.73. The highest BCUT2D eigenvalue weighted by Gasteiger charge is 2.45. The van der Waals surface area contributed by atoms with E-state index in [-0.39, 0.29) is 5.91 Å². The fourth-order valence-corrected chi connectivity index (χ4v) is 5.04. The van der Waals surface area contributed by atoms with E-state index < -0.39 is 5.60 Å². The van der Waals surface area contributed by atoms with Gasteiger partial charge >= 0.3 is 0 Å². The average Bonchev–Trinajstić information content (AvgIpc) is 3.58. The van der Waals surface area contributed by atoms with Gasteiger partial charge in [-0.05, 0) is 24.6 Å². The van der Waals surface area contributed by atoms with Crippen molar-refractivity contribution in [3.63, 3.8) is 0 Å². The lowest BCUT2D eigenvalue weighted by atomic mass is 9.91. The molecule has 36 heavy (non-hydrogen) atoms. The Hall–Kier alpha value is -3.67. The molecule has 0 saturated carbocycles. The number of hydrogen-bond donors (Lipinski definition) is 2. The number of thiazole rings is 1. The Kier molecular flexibility index (Phi) is 6.52. The number of carbonyl (C=O) groups is 1. The molecule has 186 valence electrons. The molecular weight excluding hydrogens is 478 g/mol. The van der Waals surface area contributed by atoms with Crippen LogP contribution in [0.5, 0.6) is 0 Å². The van der Waals surface area contributed by atoms with Gasteiger partial charge in [-0.25, -0.2) is 19.6 Å². The van der Waals surface area contributed by atoms with E-state index in [4.69, 9.17) is 9.72 Å².